The molecule has 0 bridgehead atoms. The highest BCUT2D eigenvalue weighted by molar-refractivity contribution is 9.10. The molecule has 0 aliphatic heterocycles. The number of nitrogen functional groups attached to an aromatic ring is 1. The van der Waals surface area contributed by atoms with Gasteiger partial charge in [-0.15, -0.1) is 0 Å². The SMILES string of the molecule is Cc1ncn(-c2ncnc(NN)c2Br)c1C. The van der Waals surface area contributed by atoms with Crippen molar-refractivity contribution < 1.29 is 0 Å². The van der Waals surface area contributed by atoms with Crippen LogP contribution in [0, 0.1) is 13.8 Å². The van der Waals surface area contributed by atoms with Gasteiger partial charge in [-0.05, 0) is 29.8 Å². The van der Waals surface area contributed by atoms with Gasteiger partial charge in [0.15, 0.2) is 11.6 Å². The lowest BCUT2D eigenvalue weighted by Gasteiger charge is -2.09. The van der Waals surface area contributed by atoms with Crippen LogP contribution in [0.2, 0.25) is 0 Å². The number of hydrazine groups is 1. The van der Waals surface area contributed by atoms with Gasteiger partial charge < -0.3 is 5.43 Å². The van der Waals surface area contributed by atoms with Crippen molar-refractivity contribution in [2.24, 2.45) is 5.84 Å². The molecule has 0 aromatic carbocycles. The molecule has 7 heteroatoms. The maximum absolute atomic E-state index is 5.35. The molecule has 3 N–H and O–H groups in total. The van der Waals surface area contributed by atoms with Crippen molar-refractivity contribution in [2.75, 3.05) is 5.43 Å². The topological polar surface area (TPSA) is 81.7 Å². The van der Waals surface area contributed by atoms with Gasteiger partial charge in [-0.1, -0.05) is 0 Å². The van der Waals surface area contributed by atoms with E-state index in [0.717, 1.165) is 11.4 Å². The van der Waals surface area contributed by atoms with Gasteiger partial charge in [0.1, 0.15) is 17.1 Å². The number of anilines is 1. The van der Waals surface area contributed by atoms with E-state index >= 15 is 0 Å². The van der Waals surface area contributed by atoms with Crippen molar-refractivity contribution in [3.63, 3.8) is 0 Å². The molecule has 0 aliphatic rings. The van der Waals surface area contributed by atoms with Crippen LogP contribution in [0.1, 0.15) is 11.4 Å². The Balaban J connectivity index is 2.60. The van der Waals surface area contributed by atoms with Crippen LogP contribution >= 0.6 is 15.9 Å². The lowest BCUT2D eigenvalue weighted by Crippen LogP contribution is -2.11. The zero-order valence-corrected chi connectivity index (χ0v) is 10.5. The predicted molar refractivity (Wildman–Crippen MR) is 64.1 cm³/mol. The van der Waals surface area contributed by atoms with Crippen molar-refractivity contribution in [1.82, 2.24) is 19.5 Å². The maximum Gasteiger partial charge on any atom is 0.159 e. The molecule has 0 aliphatic carbocycles. The normalized spacial score (nSPS) is 10.5. The number of aryl methyl sites for hydroxylation is 1. The zero-order valence-electron chi connectivity index (χ0n) is 8.90. The number of aromatic nitrogens is 4. The van der Waals surface area contributed by atoms with Gasteiger partial charge in [0.2, 0.25) is 0 Å². The molecule has 2 aromatic heterocycles. The molecular formula is C9H11BrN6. The first-order valence-corrected chi connectivity index (χ1v) is 5.42. The van der Waals surface area contributed by atoms with Gasteiger partial charge in [-0.2, -0.15) is 0 Å². The van der Waals surface area contributed by atoms with Gasteiger partial charge >= 0.3 is 0 Å². The first kappa shape index (κ1) is 11.0. The average molecular weight is 283 g/mol. The van der Waals surface area contributed by atoms with Crippen LogP contribution in [0.4, 0.5) is 5.82 Å². The number of rotatable bonds is 2. The van der Waals surface area contributed by atoms with E-state index < -0.39 is 0 Å². The van der Waals surface area contributed by atoms with Crippen molar-refractivity contribution in [3.8, 4) is 5.82 Å². The number of nitrogens with zero attached hydrogens (tertiary/aromatic N) is 4. The van der Waals surface area contributed by atoms with E-state index in [2.05, 4.69) is 36.3 Å². The monoisotopic (exact) mass is 282 g/mol. The Morgan fingerprint density at radius 2 is 2.06 bits per heavy atom. The first-order chi connectivity index (χ1) is 7.65. The van der Waals surface area contributed by atoms with Crippen LogP contribution in [-0.4, -0.2) is 19.5 Å². The Morgan fingerprint density at radius 1 is 1.31 bits per heavy atom. The molecule has 0 saturated carbocycles. The standard InChI is InChI=1S/C9H11BrN6/c1-5-6(2)16(4-14-5)9-7(10)8(15-11)12-3-13-9/h3-4H,11H2,1-2H3,(H,12,13,15). The third-order valence-electron chi connectivity index (χ3n) is 2.39. The summed E-state index contributed by atoms with van der Waals surface area (Å²) in [5.41, 5.74) is 4.50. The summed E-state index contributed by atoms with van der Waals surface area (Å²) in [5, 5.41) is 0. The number of nitrogens with one attached hydrogen (secondary N) is 1. The molecule has 84 valence electrons. The van der Waals surface area contributed by atoms with E-state index in [1.165, 1.54) is 6.33 Å². The van der Waals surface area contributed by atoms with E-state index in [-0.39, 0.29) is 0 Å². The summed E-state index contributed by atoms with van der Waals surface area (Å²) in [6.45, 7) is 3.93. The second-order valence-electron chi connectivity index (χ2n) is 3.29. The van der Waals surface area contributed by atoms with Gasteiger partial charge in [-0.3, -0.25) is 4.57 Å². The zero-order chi connectivity index (χ0) is 11.7. The molecule has 0 amide bonds. The van der Waals surface area contributed by atoms with Gasteiger partial charge in [0, 0.05) is 5.69 Å². The summed E-state index contributed by atoms with van der Waals surface area (Å²) >= 11 is 3.41. The summed E-state index contributed by atoms with van der Waals surface area (Å²) in [6.07, 6.45) is 3.17. The lowest BCUT2D eigenvalue weighted by atomic mass is 10.4. The molecule has 16 heavy (non-hydrogen) atoms. The Kier molecular flexibility index (Phi) is 2.88. The molecular weight excluding hydrogens is 272 g/mol. The van der Waals surface area contributed by atoms with Crippen molar-refractivity contribution in [3.05, 3.63) is 28.5 Å². The summed E-state index contributed by atoms with van der Waals surface area (Å²) in [5.74, 6) is 6.59. The molecule has 6 nitrogen and oxygen atoms in total. The van der Waals surface area contributed by atoms with E-state index in [1.54, 1.807) is 6.33 Å². The molecule has 2 rings (SSSR count). The Morgan fingerprint density at radius 3 is 2.62 bits per heavy atom. The van der Waals surface area contributed by atoms with E-state index in [0.29, 0.717) is 16.1 Å². The number of hydrogen-bond donors (Lipinski definition) is 2. The second kappa shape index (κ2) is 4.18. The molecule has 2 heterocycles. The Bertz CT molecular complexity index is 521. The third-order valence-corrected chi connectivity index (χ3v) is 3.12. The predicted octanol–water partition coefficient (Wildman–Crippen LogP) is 1.33. The van der Waals surface area contributed by atoms with Crippen LogP contribution in [0.25, 0.3) is 5.82 Å². The molecule has 0 saturated heterocycles. The van der Waals surface area contributed by atoms with E-state index in [9.17, 15) is 0 Å². The highest BCUT2D eigenvalue weighted by Crippen LogP contribution is 2.25. The van der Waals surface area contributed by atoms with Gasteiger partial charge in [0.05, 0.1) is 5.69 Å². The van der Waals surface area contributed by atoms with Crippen molar-refractivity contribution >= 4 is 21.7 Å². The second-order valence-corrected chi connectivity index (χ2v) is 4.08. The van der Waals surface area contributed by atoms with Crippen LogP contribution in [0.15, 0.2) is 17.1 Å². The number of hydrogen-bond acceptors (Lipinski definition) is 5. The lowest BCUT2D eigenvalue weighted by molar-refractivity contribution is 0.925. The number of imidazole rings is 1. The van der Waals surface area contributed by atoms with E-state index in [1.807, 2.05) is 18.4 Å². The van der Waals surface area contributed by atoms with Crippen LogP contribution < -0.4 is 11.3 Å². The number of halogens is 1. The smallest absolute Gasteiger partial charge is 0.159 e. The number of nitrogens with two attached hydrogens (primary N) is 1. The largest absolute Gasteiger partial charge is 0.307 e. The average Bonchev–Trinajstić information content (AvgIpc) is 2.61. The molecule has 0 spiro atoms. The fourth-order valence-corrected chi connectivity index (χ4v) is 1.85. The quantitative estimate of drug-likeness (QED) is 0.642. The van der Waals surface area contributed by atoms with Crippen molar-refractivity contribution in [1.29, 1.82) is 0 Å². The molecule has 2 aromatic rings. The van der Waals surface area contributed by atoms with Crippen molar-refractivity contribution in [2.45, 2.75) is 13.8 Å². The first-order valence-electron chi connectivity index (χ1n) is 4.63. The highest BCUT2D eigenvalue weighted by atomic mass is 79.9. The van der Waals surface area contributed by atoms with Crippen LogP contribution in [-0.2, 0) is 0 Å². The van der Waals surface area contributed by atoms with Gasteiger partial charge in [0.25, 0.3) is 0 Å². The summed E-state index contributed by atoms with van der Waals surface area (Å²) in [4.78, 5) is 12.4. The molecule has 0 radical (unpaired) electrons. The van der Waals surface area contributed by atoms with Crippen LogP contribution in [0.3, 0.4) is 0 Å². The van der Waals surface area contributed by atoms with Gasteiger partial charge in [-0.25, -0.2) is 20.8 Å². The maximum atomic E-state index is 5.35. The minimum atomic E-state index is 0.538. The summed E-state index contributed by atoms with van der Waals surface area (Å²) < 4.78 is 2.58. The van der Waals surface area contributed by atoms with Crippen LogP contribution in [0.5, 0.6) is 0 Å². The minimum absolute atomic E-state index is 0.538. The highest BCUT2D eigenvalue weighted by Gasteiger charge is 2.12. The Labute approximate surface area is 101 Å². The molecule has 0 unspecified atom stereocenters. The summed E-state index contributed by atoms with van der Waals surface area (Å²) in [7, 11) is 0. The molecule has 0 atom stereocenters. The summed E-state index contributed by atoms with van der Waals surface area (Å²) in [6, 6.07) is 0. The fourth-order valence-electron chi connectivity index (χ4n) is 1.34. The van der Waals surface area contributed by atoms with E-state index in [4.69, 9.17) is 5.84 Å². The fraction of sp³-hybridized carbons (Fsp3) is 0.222. The minimum Gasteiger partial charge on any atom is -0.307 e. The third kappa shape index (κ3) is 1.68. The molecule has 0 fully saturated rings. The Hall–Kier alpha value is -1.47.